The van der Waals surface area contributed by atoms with E-state index >= 15 is 0 Å². The summed E-state index contributed by atoms with van der Waals surface area (Å²) in [4.78, 5) is 0. The molecular weight excluding hydrogens is 438 g/mol. The Morgan fingerprint density at radius 3 is 2.32 bits per heavy atom. The fraction of sp³-hybridized carbons (Fsp3) is 0.391. The van der Waals surface area contributed by atoms with Crippen molar-refractivity contribution in [3.05, 3.63) is 65.1 Å². The number of fused-ring (bicyclic) bond motifs is 1. The Morgan fingerprint density at radius 1 is 1.06 bits per heavy atom. The number of hydrogen-bond acceptors (Lipinski definition) is 3. The molecule has 0 N–H and O–H groups in total. The second-order valence-corrected chi connectivity index (χ2v) is 10.1. The molecule has 0 unspecified atom stereocenters. The molecule has 31 heavy (non-hydrogen) atoms. The van der Waals surface area contributed by atoms with E-state index in [1.165, 1.54) is 17.7 Å². The Bertz CT molecular complexity index is 1080. The summed E-state index contributed by atoms with van der Waals surface area (Å²) < 4.78 is 41.5. The van der Waals surface area contributed by atoms with E-state index in [1.807, 2.05) is 36.7 Å². The molecule has 0 spiro atoms. The predicted molar refractivity (Wildman–Crippen MR) is 123 cm³/mol. The van der Waals surface area contributed by atoms with Gasteiger partial charge in [0.15, 0.2) is 0 Å². The molecule has 5 nitrogen and oxygen atoms in total. The second-order valence-electron chi connectivity index (χ2n) is 7.62. The topological polar surface area (TPSA) is 43.7 Å². The van der Waals surface area contributed by atoms with Crippen molar-refractivity contribution in [2.45, 2.75) is 32.6 Å². The standard InChI is InChI=1S/C23H27ClFN2O3P/c1-3-29-31(28,30-4-2)26-13-11-17(12-14-26)22-16-27(20-8-6-19(25)7-9-20)23-10-5-18(24)15-21(22)23/h5-10,15-17H,3-4,11-14H2,1-2H3. The summed E-state index contributed by atoms with van der Waals surface area (Å²) in [7, 11) is -3.24. The molecule has 1 fully saturated rings. The molecule has 8 heteroatoms. The molecule has 0 aliphatic carbocycles. The number of aromatic nitrogens is 1. The van der Waals surface area contributed by atoms with Gasteiger partial charge in [-0.1, -0.05) is 11.6 Å². The normalized spacial score (nSPS) is 16.3. The van der Waals surface area contributed by atoms with E-state index in [2.05, 4.69) is 10.8 Å². The lowest BCUT2D eigenvalue weighted by atomic mass is 9.90. The van der Waals surface area contributed by atoms with Gasteiger partial charge in [-0.05, 0) is 80.6 Å². The monoisotopic (exact) mass is 464 g/mol. The first kappa shape index (κ1) is 22.5. The lowest BCUT2D eigenvalue weighted by molar-refractivity contribution is 0.154. The van der Waals surface area contributed by atoms with Crippen LogP contribution in [0.2, 0.25) is 5.02 Å². The van der Waals surface area contributed by atoms with E-state index in [1.54, 1.807) is 12.1 Å². The number of piperidine rings is 1. The molecule has 3 aromatic rings. The van der Waals surface area contributed by atoms with E-state index in [0.29, 0.717) is 31.3 Å². The number of hydrogen-bond donors (Lipinski definition) is 0. The van der Waals surface area contributed by atoms with Crippen LogP contribution in [0.25, 0.3) is 16.6 Å². The number of halogens is 2. The molecule has 1 aliphatic heterocycles. The molecule has 1 aliphatic rings. The van der Waals surface area contributed by atoms with Crippen molar-refractivity contribution in [1.29, 1.82) is 0 Å². The molecule has 0 amide bonds. The summed E-state index contributed by atoms with van der Waals surface area (Å²) in [5.74, 6) is 0.0273. The highest BCUT2D eigenvalue weighted by molar-refractivity contribution is 7.51. The van der Waals surface area contributed by atoms with Crippen LogP contribution in [-0.2, 0) is 13.6 Å². The minimum absolute atomic E-state index is 0.260. The van der Waals surface area contributed by atoms with Gasteiger partial charge in [0.05, 0.1) is 18.7 Å². The molecule has 0 bridgehead atoms. The van der Waals surface area contributed by atoms with Crippen LogP contribution in [0.4, 0.5) is 4.39 Å². The quantitative estimate of drug-likeness (QED) is 0.361. The van der Waals surface area contributed by atoms with E-state index < -0.39 is 7.75 Å². The molecule has 4 rings (SSSR count). The van der Waals surface area contributed by atoms with Gasteiger partial charge in [0.1, 0.15) is 5.82 Å². The zero-order chi connectivity index (χ0) is 22.0. The summed E-state index contributed by atoms with van der Waals surface area (Å²) in [5.41, 5.74) is 3.13. The maximum absolute atomic E-state index is 13.4. The first-order valence-electron chi connectivity index (χ1n) is 10.7. The van der Waals surface area contributed by atoms with Crippen molar-refractivity contribution < 1.29 is 18.0 Å². The molecule has 166 valence electrons. The van der Waals surface area contributed by atoms with Crippen LogP contribution in [0, 0.1) is 5.82 Å². The molecule has 1 aromatic heterocycles. The highest BCUT2D eigenvalue weighted by Gasteiger charge is 2.36. The lowest BCUT2D eigenvalue weighted by Crippen LogP contribution is -2.32. The van der Waals surface area contributed by atoms with Gasteiger partial charge in [-0.15, -0.1) is 0 Å². The van der Waals surface area contributed by atoms with Crippen LogP contribution >= 0.6 is 19.3 Å². The largest absolute Gasteiger partial charge is 0.408 e. The number of rotatable bonds is 7. The highest BCUT2D eigenvalue weighted by Crippen LogP contribution is 2.54. The van der Waals surface area contributed by atoms with Crippen molar-refractivity contribution in [2.24, 2.45) is 0 Å². The maximum Gasteiger partial charge on any atom is 0.408 e. The SMILES string of the molecule is CCOP(=O)(OCC)N1CCC(c2cn(-c3ccc(F)cc3)c3ccc(Cl)cc23)CC1. The van der Waals surface area contributed by atoms with Crippen LogP contribution < -0.4 is 0 Å². The van der Waals surface area contributed by atoms with Gasteiger partial charge in [-0.25, -0.2) is 13.6 Å². The Labute approximate surface area is 187 Å². The van der Waals surface area contributed by atoms with Gasteiger partial charge in [0.2, 0.25) is 0 Å². The molecule has 1 saturated heterocycles. The number of nitrogens with zero attached hydrogens (tertiary/aromatic N) is 2. The average molecular weight is 465 g/mol. The fourth-order valence-corrected chi connectivity index (χ4v) is 6.26. The first-order chi connectivity index (χ1) is 14.9. The van der Waals surface area contributed by atoms with Crippen LogP contribution in [0.5, 0.6) is 0 Å². The fourth-order valence-electron chi connectivity index (χ4n) is 4.32. The summed E-state index contributed by atoms with van der Waals surface area (Å²) in [6.07, 6.45) is 3.79. The molecule has 2 heterocycles. The third kappa shape index (κ3) is 4.59. The smallest absolute Gasteiger partial charge is 0.316 e. The Hall–Kier alpha value is -1.69. The minimum Gasteiger partial charge on any atom is -0.316 e. The maximum atomic E-state index is 13.4. The first-order valence-corrected chi connectivity index (χ1v) is 12.5. The Balaban J connectivity index is 1.64. The Kier molecular flexibility index (Phi) is 6.85. The summed E-state index contributed by atoms with van der Waals surface area (Å²) >= 11 is 6.32. The highest BCUT2D eigenvalue weighted by atomic mass is 35.5. The van der Waals surface area contributed by atoms with Crippen molar-refractivity contribution in [3.8, 4) is 5.69 Å². The van der Waals surface area contributed by atoms with E-state index in [9.17, 15) is 8.96 Å². The van der Waals surface area contributed by atoms with E-state index in [0.717, 1.165) is 29.4 Å². The van der Waals surface area contributed by atoms with Crippen LogP contribution in [0.1, 0.15) is 38.2 Å². The molecule has 2 aromatic carbocycles. The minimum atomic E-state index is -3.24. The van der Waals surface area contributed by atoms with E-state index in [4.69, 9.17) is 20.6 Å². The number of benzene rings is 2. The lowest BCUT2D eigenvalue weighted by Gasteiger charge is -2.35. The van der Waals surface area contributed by atoms with Gasteiger partial charge in [-0.3, -0.25) is 9.05 Å². The average Bonchev–Trinajstić information content (AvgIpc) is 3.13. The van der Waals surface area contributed by atoms with Crippen LogP contribution in [0.15, 0.2) is 48.7 Å². The van der Waals surface area contributed by atoms with Gasteiger partial charge < -0.3 is 4.57 Å². The van der Waals surface area contributed by atoms with E-state index in [-0.39, 0.29) is 11.7 Å². The Morgan fingerprint density at radius 2 is 1.71 bits per heavy atom. The summed E-state index contributed by atoms with van der Waals surface area (Å²) in [6, 6.07) is 12.3. The zero-order valence-corrected chi connectivity index (χ0v) is 19.4. The second kappa shape index (κ2) is 9.43. The van der Waals surface area contributed by atoms with Crippen molar-refractivity contribution in [2.75, 3.05) is 26.3 Å². The van der Waals surface area contributed by atoms with Gasteiger partial charge >= 0.3 is 7.75 Å². The third-order valence-electron chi connectivity index (χ3n) is 5.74. The zero-order valence-electron chi connectivity index (χ0n) is 17.8. The third-order valence-corrected chi connectivity index (χ3v) is 8.24. The predicted octanol–water partition coefficient (Wildman–Crippen LogP) is 6.78. The van der Waals surface area contributed by atoms with Crippen molar-refractivity contribution in [3.63, 3.8) is 0 Å². The van der Waals surface area contributed by atoms with Crippen LogP contribution in [-0.4, -0.2) is 35.5 Å². The molecular formula is C23H27ClFN2O3P. The van der Waals surface area contributed by atoms with Gasteiger partial charge in [0, 0.05) is 35.4 Å². The summed E-state index contributed by atoms with van der Waals surface area (Å²) in [5, 5.41) is 1.77. The van der Waals surface area contributed by atoms with Crippen molar-refractivity contribution in [1.82, 2.24) is 9.24 Å². The van der Waals surface area contributed by atoms with Gasteiger partial charge in [0.25, 0.3) is 0 Å². The van der Waals surface area contributed by atoms with Crippen molar-refractivity contribution >= 4 is 30.3 Å². The van der Waals surface area contributed by atoms with Gasteiger partial charge in [-0.2, -0.15) is 0 Å². The molecule has 0 radical (unpaired) electrons. The molecule has 0 saturated carbocycles. The summed E-state index contributed by atoms with van der Waals surface area (Å²) in [6.45, 7) is 5.61. The van der Waals surface area contributed by atoms with Crippen LogP contribution in [0.3, 0.4) is 0 Å². The molecule has 0 atom stereocenters.